The van der Waals surface area contributed by atoms with Crippen molar-refractivity contribution in [3.63, 3.8) is 0 Å². The molecule has 100 valence electrons. The second-order valence-electron chi connectivity index (χ2n) is 4.33. The Balaban J connectivity index is 2.18. The number of nitrogens with two attached hydrogens (primary N) is 1. The number of pyridine rings is 1. The quantitative estimate of drug-likeness (QED) is 0.899. The van der Waals surface area contributed by atoms with Gasteiger partial charge >= 0.3 is 0 Å². The summed E-state index contributed by atoms with van der Waals surface area (Å²) in [5.74, 6) is -1.67. The Morgan fingerprint density at radius 2 is 2.28 bits per heavy atom. The molecule has 1 unspecified atom stereocenters. The topological polar surface area (TPSA) is 51.4 Å². The molecule has 1 fully saturated rings. The summed E-state index contributed by atoms with van der Waals surface area (Å²) in [6.07, 6.45) is 1.90. The van der Waals surface area contributed by atoms with E-state index in [4.69, 9.17) is 10.5 Å². The molecule has 0 aliphatic carbocycles. The normalized spacial score (nSPS) is 20.2. The van der Waals surface area contributed by atoms with Gasteiger partial charge in [0.2, 0.25) is 0 Å². The third kappa shape index (κ3) is 2.69. The van der Waals surface area contributed by atoms with E-state index < -0.39 is 11.6 Å². The molecule has 2 rings (SSSR count). The molecular formula is C12H17F2N3O. The van der Waals surface area contributed by atoms with Crippen LogP contribution in [-0.4, -0.2) is 30.8 Å². The monoisotopic (exact) mass is 257 g/mol. The Morgan fingerprint density at radius 3 is 3.00 bits per heavy atom. The first kappa shape index (κ1) is 13.0. The van der Waals surface area contributed by atoms with Crippen LogP contribution in [0.4, 0.5) is 20.4 Å². The lowest BCUT2D eigenvalue weighted by Gasteiger charge is -2.33. The Labute approximate surface area is 105 Å². The highest BCUT2D eigenvalue weighted by Gasteiger charge is 2.24. The molecule has 1 saturated heterocycles. The third-order valence-electron chi connectivity index (χ3n) is 3.02. The summed E-state index contributed by atoms with van der Waals surface area (Å²) in [7, 11) is 0. The van der Waals surface area contributed by atoms with Crippen LogP contribution in [0, 0.1) is 11.6 Å². The van der Waals surface area contributed by atoms with Gasteiger partial charge in [0.25, 0.3) is 0 Å². The molecule has 4 nitrogen and oxygen atoms in total. The number of ether oxygens (including phenoxy) is 1. The van der Waals surface area contributed by atoms with Crippen LogP contribution in [0.1, 0.15) is 19.8 Å². The predicted molar refractivity (Wildman–Crippen MR) is 65.4 cm³/mol. The van der Waals surface area contributed by atoms with Crippen LogP contribution < -0.4 is 10.6 Å². The molecule has 1 aromatic heterocycles. The fourth-order valence-corrected chi connectivity index (χ4v) is 2.19. The minimum atomic E-state index is -0.824. The second kappa shape index (κ2) is 5.48. The third-order valence-corrected chi connectivity index (χ3v) is 3.02. The molecule has 1 atom stereocenters. The van der Waals surface area contributed by atoms with Crippen LogP contribution in [0.15, 0.2) is 6.07 Å². The van der Waals surface area contributed by atoms with E-state index in [1.807, 2.05) is 6.92 Å². The zero-order valence-corrected chi connectivity index (χ0v) is 10.3. The lowest BCUT2D eigenvalue weighted by molar-refractivity contribution is 0.0524. The van der Waals surface area contributed by atoms with E-state index in [9.17, 15) is 8.78 Å². The number of nitrogens with zero attached hydrogens (tertiary/aromatic N) is 2. The first-order valence-electron chi connectivity index (χ1n) is 6.10. The molecule has 0 saturated carbocycles. The summed E-state index contributed by atoms with van der Waals surface area (Å²) in [5, 5.41) is 0. The predicted octanol–water partition coefficient (Wildman–Crippen LogP) is 1.95. The Morgan fingerprint density at radius 1 is 1.50 bits per heavy atom. The first-order chi connectivity index (χ1) is 8.61. The molecule has 18 heavy (non-hydrogen) atoms. The van der Waals surface area contributed by atoms with E-state index in [1.54, 1.807) is 4.90 Å². The molecule has 0 spiro atoms. The maximum atomic E-state index is 13.7. The van der Waals surface area contributed by atoms with Crippen molar-refractivity contribution in [3.05, 3.63) is 17.7 Å². The summed E-state index contributed by atoms with van der Waals surface area (Å²) < 4.78 is 32.3. The van der Waals surface area contributed by atoms with Crippen molar-refractivity contribution in [2.24, 2.45) is 0 Å². The van der Waals surface area contributed by atoms with Crippen LogP contribution in [0.3, 0.4) is 0 Å². The summed E-state index contributed by atoms with van der Waals surface area (Å²) >= 11 is 0. The van der Waals surface area contributed by atoms with Crippen LogP contribution in [0.5, 0.6) is 0 Å². The first-order valence-corrected chi connectivity index (χ1v) is 6.10. The average Bonchev–Trinajstić information content (AvgIpc) is 2.34. The van der Waals surface area contributed by atoms with E-state index in [0.717, 1.165) is 18.9 Å². The van der Waals surface area contributed by atoms with Crippen molar-refractivity contribution < 1.29 is 13.5 Å². The Hall–Kier alpha value is -1.43. The van der Waals surface area contributed by atoms with Crippen LogP contribution in [0.2, 0.25) is 0 Å². The molecule has 2 N–H and O–H groups in total. The van der Waals surface area contributed by atoms with Crippen molar-refractivity contribution in [1.82, 2.24) is 4.98 Å². The number of nitrogen functional groups attached to an aromatic ring is 1. The van der Waals surface area contributed by atoms with Gasteiger partial charge in [-0.3, -0.25) is 0 Å². The van der Waals surface area contributed by atoms with Gasteiger partial charge in [-0.1, -0.05) is 0 Å². The molecule has 1 aliphatic heterocycles. The standard InChI is InChI=1S/C12H17F2N3O/c1-2-18-8-4-3-5-17(7-8)12-10(14)6-9(13)11(15)16-12/h6,8H,2-5,7H2,1H3,(H2,15,16). The van der Waals surface area contributed by atoms with Crippen molar-refractivity contribution in [1.29, 1.82) is 0 Å². The van der Waals surface area contributed by atoms with Crippen LogP contribution in [0.25, 0.3) is 0 Å². The van der Waals surface area contributed by atoms with Gasteiger partial charge in [-0.25, -0.2) is 13.8 Å². The van der Waals surface area contributed by atoms with Crippen molar-refractivity contribution in [2.45, 2.75) is 25.9 Å². The van der Waals surface area contributed by atoms with Crippen LogP contribution >= 0.6 is 0 Å². The van der Waals surface area contributed by atoms with E-state index in [-0.39, 0.29) is 17.7 Å². The van der Waals surface area contributed by atoms with Gasteiger partial charge in [0.05, 0.1) is 6.10 Å². The molecular weight excluding hydrogens is 240 g/mol. The van der Waals surface area contributed by atoms with Gasteiger partial charge in [0, 0.05) is 25.8 Å². The van der Waals surface area contributed by atoms with Crippen molar-refractivity contribution >= 4 is 11.6 Å². The van der Waals surface area contributed by atoms with E-state index in [1.165, 1.54) is 0 Å². The zero-order chi connectivity index (χ0) is 13.1. The average molecular weight is 257 g/mol. The Bertz CT molecular complexity index is 426. The highest BCUT2D eigenvalue weighted by atomic mass is 19.1. The fourth-order valence-electron chi connectivity index (χ4n) is 2.19. The van der Waals surface area contributed by atoms with Gasteiger partial charge in [-0.2, -0.15) is 0 Å². The zero-order valence-electron chi connectivity index (χ0n) is 10.3. The largest absolute Gasteiger partial charge is 0.381 e. The minimum absolute atomic E-state index is 0.0660. The van der Waals surface area contributed by atoms with E-state index in [0.29, 0.717) is 19.7 Å². The van der Waals surface area contributed by atoms with Crippen molar-refractivity contribution in [3.8, 4) is 0 Å². The Kier molecular flexibility index (Phi) is 3.96. The smallest absolute Gasteiger partial charge is 0.168 e. The molecule has 6 heteroatoms. The van der Waals surface area contributed by atoms with Gasteiger partial charge < -0.3 is 15.4 Å². The maximum absolute atomic E-state index is 13.7. The highest BCUT2D eigenvalue weighted by Crippen LogP contribution is 2.24. The molecule has 0 radical (unpaired) electrons. The summed E-state index contributed by atoms with van der Waals surface area (Å²) in [6.45, 7) is 3.79. The molecule has 0 aromatic carbocycles. The number of rotatable bonds is 3. The number of halogens is 2. The van der Waals surface area contributed by atoms with Gasteiger partial charge in [0.1, 0.15) is 0 Å². The summed E-state index contributed by atoms with van der Waals surface area (Å²) in [4.78, 5) is 5.55. The highest BCUT2D eigenvalue weighted by molar-refractivity contribution is 5.47. The number of aromatic nitrogens is 1. The van der Waals surface area contributed by atoms with Crippen LogP contribution in [-0.2, 0) is 4.74 Å². The number of piperidine rings is 1. The summed E-state index contributed by atoms with van der Waals surface area (Å²) in [6, 6.07) is 0.780. The second-order valence-corrected chi connectivity index (χ2v) is 4.33. The molecule has 0 amide bonds. The SMILES string of the molecule is CCOC1CCCN(c2nc(N)c(F)cc2F)C1. The van der Waals surface area contributed by atoms with Gasteiger partial charge in [-0.15, -0.1) is 0 Å². The lowest BCUT2D eigenvalue weighted by Crippen LogP contribution is -2.40. The minimum Gasteiger partial charge on any atom is -0.381 e. The molecule has 1 aromatic rings. The molecule has 2 heterocycles. The number of anilines is 2. The maximum Gasteiger partial charge on any atom is 0.168 e. The van der Waals surface area contributed by atoms with Crippen molar-refractivity contribution in [2.75, 3.05) is 30.3 Å². The van der Waals surface area contributed by atoms with Gasteiger partial charge in [-0.05, 0) is 19.8 Å². The van der Waals surface area contributed by atoms with E-state index in [2.05, 4.69) is 4.98 Å². The lowest BCUT2D eigenvalue weighted by atomic mass is 10.1. The molecule has 0 bridgehead atoms. The fraction of sp³-hybridized carbons (Fsp3) is 0.583. The molecule has 1 aliphatic rings. The van der Waals surface area contributed by atoms with E-state index >= 15 is 0 Å². The number of hydrogen-bond acceptors (Lipinski definition) is 4. The number of hydrogen-bond donors (Lipinski definition) is 1. The van der Waals surface area contributed by atoms with Gasteiger partial charge in [0.15, 0.2) is 23.3 Å². The summed E-state index contributed by atoms with van der Waals surface area (Å²) in [5.41, 5.74) is 5.38.